The Labute approximate surface area is 133 Å². The Hall–Kier alpha value is -2.63. The van der Waals surface area contributed by atoms with Gasteiger partial charge in [0.15, 0.2) is 0 Å². The minimum Gasteiger partial charge on any atom is -0.469 e. The number of halogens is 1. The van der Waals surface area contributed by atoms with E-state index in [0.717, 1.165) is 11.3 Å². The second-order valence-corrected chi connectivity index (χ2v) is 5.63. The quantitative estimate of drug-likeness (QED) is 0.922. The van der Waals surface area contributed by atoms with Crippen molar-refractivity contribution in [1.82, 2.24) is 5.32 Å². The van der Waals surface area contributed by atoms with E-state index in [1.165, 1.54) is 12.1 Å². The van der Waals surface area contributed by atoms with Gasteiger partial charge in [-0.1, -0.05) is 17.3 Å². The second-order valence-electron chi connectivity index (χ2n) is 5.63. The summed E-state index contributed by atoms with van der Waals surface area (Å²) >= 11 is 0. The Kier molecular flexibility index (Phi) is 4.14. The normalized spacial score (nSPS) is 20.0. The maximum absolute atomic E-state index is 13.0. The van der Waals surface area contributed by atoms with Gasteiger partial charge in [-0.3, -0.25) is 4.79 Å². The van der Waals surface area contributed by atoms with Gasteiger partial charge in [0, 0.05) is 19.4 Å². The first-order valence-corrected chi connectivity index (χ1v) is 7.38. The molecular weight excluding hydrogens is 299 g/mol. The molecule has 6 heteroatoms. The summed E-state index contributed by atoms with van der Waals surface area (Å²) in [6.45, 7) is 2.15. The van der Waals surface area contributed by atoms with Crippen LogP contribution in [0, 0.1) is 5.82 Å². The number of nitrogens with zero attached hydrogens (tertiary/aromatic N) is 1. The van der Waals surface area contributed by atoms with Crippen LogP contribution in [0.5, 0.6) is 0 Å². The van der Waals surface area contributed by atoms with Crippen molar-refractivity contribution in [1.29, 1.82) is 0 Å². The molecule has 3 rings (SSSR count). The zero-order chi connectivity index (χ0) is 16.3. The van der Waals surface area contributed by atoms with Crippen LogP contribution in [0.1, 0.15) is 24.7 Å². The van der Waals surface area contributed by atoms with Crippen LogP contribution in [0.2, 0.25) is 0 Å². The van der Waals surface area contributed by atoms with Gasteiger partial charge in [0.1, 0.15) is 11.6 Å². The van der Waals surface area contributed by atoms with Gasteiger partial charge in [-0.25, -0.2) is 4.39 Å². The van der Waals surface area contributed by atoms with Crippen LogP contribution in [-0.4, -0.2) is 23.8 Å². The molecule has 0 fully saturated rings. The average molecular weight is 316 g/mol. The number of amides is 1. The topological polar surface area (TPSA) is 63.8 Å². The highest BCUT2D eigenvalue weighted by Gasteiger charge is 2.42. The van der Waals surface area contributed by atoms with E-state index in [1.807, 2.05) is 6.07 Å². The molecule has 0 spiro atoms. The molecule has 1 aliphatic heterocycles. The van der Waals surface area contributed by atoms with Crippen molar-refractivity contribution in [3.05, 3.63) is 59.8 Å². The molecule has 0 radical (unpaired) electrons. The van der Waals surface area contributed by atoms with Gasteiger partial charge in [0.05, 0.1) is 12.0 Å². The fraction of sp³-hybridized carbons (Fsp3) is 0.294. The number of oxime groups is 1. The SMILES string of the molecule is C[C@@]1(C(=O)NCCc2ccco2)CC(c2ccc(F)cc2)=NO1. The molecule has 0 saturated heterocycles. The molecule has 2 heterocycles. The smallest absolute Gasteiger partial charge is 0.267 e. The number of carbonyl (C=O) groups excluding carboxylic acids is 1. The fourth-order valence-electron chi connectivity index (χ4n) is 2.40. The third kappa shape index (κ3) is 3.41. The summed E-state index contributed by atoms with van der Waals surface area (Å²) in [6.07, 6.45) is 2.55. The van der Waals surface area contributed by atoms with Crippen molar-refractivity contribution in [3.8, 4) is 0 Å². The zero-order valence-corrected chi connectivity index (χ0v) is 12.7. The molecule has 0 aliphatic carbocycles. The van der Waals surface area contributed by atoms with E-state index in [0.29, 0.717) is 25.1 Å². The second kappa shape index (κ2) is 6.24. The minimum absolute atomic E-state index is 0.232. The number of hydrogen-bond acceptors (Lipinski definition) is 4. The molecule has 0 unspecified atom stereocenters. The van der Waals surface area contributed by atoms with Crippen molar-refractivity contribution < 1.29 is 18.4 Å². The highest BCUT2D eigenvalue weighted by Crippen LogP contribution is 2.26. The lowest BCUT2D eigenvalue weighted by Gasteiger charge is -2.20. The summed E-state index contributed by atoms with van der Waals surface area (Å²) in [4.78, 5) is 17.7. The molecule has 0 saturated carbocycles. The number of hydrogen-bond donors (Lipinski definition) is 1. The molecule has 120 valence electrons. The lowest BCUT2D eigenvalue weighted by molar-refractivity contribution is -0.141. The van der Waals surface area contributed by atoms with Crippen molar-refractivity contribution >= 4 is 11.6 Å². The summed E-state index contributed by atoms with van der Waals surface area (Å²) < 4.78 is 18.2. The maximum Gasteiger partial charge on any atom is 0.267 e. The monoisotopic (exact) mass is 316 g/mol. The Bertz CT molecular complexity index is 710. The number of furan rings is 1. The van der Waals surface area contributed by atoms with Crippen molar-refractivity contribution in [2.75, 3.05) is 6.54 Å². The molecule has 5 nitrogen and oxygen atoms in total. The Morgan fingerprint density at radius 1 is 1.35 bits per heavy atom. The Balaban J connectivity index is 1.56. The van der Waals surface area contributed by atoms with Crippen LogP contribution < -0.4 is 5.32 Å². The summed E-state index contributed by atoms with van der Waals surface area (Å²) in [5.41, 5.74) is 0.333. The van der Waals surface area contributed by atoms with Gasteiger partial charge in [-0.15, -0.1) is 0 Å². The van der Waals surface area contributed by atoms with Crippen LogP contribution >= 0.6 is 0 Å². The van der Waals surface area contributed by atoms with E-state index >= 15 is 0 Å². The minimum atomic E-state index is -1.05. The number of rotatable bonds is 5. The largest absolute Gasteiger partial charge is 0.469 e. The summed E-state index contributed by atoms with van der Waals surface area (Å²) in [6, 6.07) is 9.63. The van der Waals surface area contributed by atoms with Gasteiger partial charge in [0.2, 0.25) is 5.60 Å². The van der Waals surface area contributed by atoms with Crippen molar-refractivity contribution in [3.63, 3.8) is 0 Å². The highest BCUT2D eigenvalue weighted by atomic mass is 19.1. The molecule has 1 aliphatic rings. The van der Waals surface area contributed by atoms with Crippen molar-refractivity contribution in [2.45, 2.75) is 25.4 Å². The Morgan fingerprint density at radius 3 is 2.83 bits per heavy atom. The van der Waals surface area contributed by atoms with E-state index in [4.69, 9.17) is 9.25 Å². The van der Waals surface area contributed by atoms with Gasteiger partial charge >= 0.3 is 0 Å². The molecule has 2 aromatic rings. The molecule has 0 bridgehead atoms. The van der Waals surface area contributed by atoms with E-state index in [2.05, 4.69) is 10.5 Å². The van der Waals surface area contributed by atoms with Crippen LogP contribution in [-0.2, 0) is 16.1 Å². The predicted molar refractivity (Wildman–Crippen MR) is 82.5 cm³/mol. The van der Waals surface area contributed by atoms with Crippen LogP contribution in [0.3, 0.4) is 0 Å². The van der Waals surface area contributed by atoms with Gasteiger partial charge in [-0.05, 0) is 36.8 Å². The van der Waals surface area contributed by atoms with E-state index in [1.54, 1.807) is 31.4 Å². The number of nitrogens with one attached hydrogen (secondary N) is 1. The van der Waals surface area contributed by atoms with Crippen LogP contribution in [0.25, 0.3) is 0 Å². The molecular formula is C17H17FN2O3. The number of carbonyl (C=O) groups is 1. The van der Waals surface area contributed by atoms with E-state index < -0.39 is 5.60 Å². The summed E-state index contributed by atoms with van der Waals surface area (Å²) in [7, 11) is 0. The lowest BCUT2D eigenvalue weighted by atomic mass is 9.95. The molecule has 1 N–H and O–H groups in total. The average Bonchev–Trinajstić information content (AvgIpc) is 3.18. The summed E-state index contributed by atoms with van der Waals surface area (Å²) in [5.74, 6) is 0.266. The van der Waals surface area contributed by atoms with Gasteiger partial charge in [0.25, 0.3) is 5.91 Å². The first-order chi connectivity index (χ1) is 11.1. The number of benzene rings is 1. The standard InChI is InChI=1S/C17H17FN2O3/c1-17(16(21)19-9-8-14-3-2-10-22-14)11-15(20-23-17)12-4-6-13(18)7-5-12/h2-7,10H,8-9,11H2,1H3,(H,19,21)/t17-/m0/s1. The van der Waals surface area contributed by atoms with E-state index in [-0.39, 0.29) is 11.7 Å². The predicted octanol–water partition coefficient (Wildman–Crippen LogP) is 2.66. The molecule has 1 aromatic carbocycles. The molecule has 23 heavy (non-hydrogen) atoms. The zero-order valence-electron chi connectivity index (χ0n) is 12.7. The van der Waals surface area contributed by atoms with Crippen LogP contribution in [0.4, 0.5) is 4.39 Å². The van der Waals surface area contributed by atoms with Gasteiger partial charge in [-0.2, -0.15) is 0 Å². The fourth-order valence-corrected chi connectivity index (χ4v) is 2.40. The first-order valence-electron chi connectivity index (χ1n) is 7.38. The lowest BCUT2D eigenvalue weighted by Crippen LogP contribution is -2.45. The molecule has 1 amide bonds. The van der Waals surface area contributed by atoms with Gasteiger partial charge < -0.3 is 14.6 Å². The molecule has 1 aromatic heterocycles. The Morgan fingerprint density at radius 2 is 2.13 bits per heavy atom. The molecule has 1 atom stereocenters. The maximum atomic E-state index is 13.0. The highest BCUT2D eigenvalue weighted by molar-refractivity contribution is 6.05. The third-order valence-electron chi connectivity index (χ3n) is 3.76. The first kappa shape index (κ1) is 15.3. The van der Waals surface area contributed by atoms with Crippen LogP contribution in [0.15, 0.2) is 52.2 Å². The van der Waals surface area contributed by atoms with E-state index in [9.17, 15) is 9.18 Å². The van der Waals surface area contributed by atoms with Crippen molar-refractivity contribution in [2.24, 2.45) is 5.16 Å². The summed E-state index contributed by atoms with van der Waals surface area (Å²) in [5, 5.41) is 6.81. The third-order valence-corrected chi connectivity index (χ3v) is 3.76.